The van der Waals surface area contributed by atoms with E-state index >= 15 is 0 Å². The van der Waals surface area contributed by atoms with Gasteiger partial charge in [-0.05, 0) is 58.7 Å². The first-order valence-electron chi connectivity index (χ1n) is 8.28. The fourth-order valence-corrected chi connectivity index (χ4v) is 2.54. The second kappa shape index (κ2) is 10.3. The first-order valence-corrected chi connectivity index (χ1v) is 8.28. The molecule has 0 bridgehead atoms. The summed E-state index contributed by atoms with van der Waals surface area (Å²) in [5.74, 6) is 1.30. The molecule has 1 aliphatic carbocycles. The zero-order valence-corrected chi connectivity index (χ0v) is 14.2. The molecule has 4 unspecified atom stereocenters. The van der Waals surface area contributed by atoms with Crippen molar-refractivity contribution in [3.8, 4) is 0 Å². The maximum absolute atomic E-state index is 9.96. The largest absolute Gasteiger partial charge is 0.389 e. The van der Waals surface area contributed by atoms with E-state index in [1.54, 1.807) is 0 Å². The van der Waals surface area contributed by atoms with Gasteiger partial charge in [0.05, 0.1) is 19.3 Å². The van der Waals surface area contributed by atoms with Gasteiger partial charge in [0, 0.05) is 12.6 Å². The minimum absolute atomic E-state index is 0.416. The van der Waals surface area contributed by atoms with E-state index in [0.717, 1.165) is 32.4 Å². The fourth-order valence-electron chi connectivity index (χ4n) is 2.54. The van der Waals surface area contributed by atoms with Crippen LogP contribution in [-0.2, 0) is 4.74 Å². The molecule has 0 radical (unpaired) electrons. The van der Waals surface area contributed by atoms with Gasteiger partial charge in [-0.1, -0.05) is 19.1 Å². The number of rotatable bonds is 10. The summed E-state index contributed by atoms with van der Waals surface area (Å²) in [5, 5.41) is 13.3. The van der Waals surface area contributed by atoms with Crippen molar-refractivity contribution in [1.29, 1.82) is 0 Å². The van der Waals surface area contributed by atoms with E-state index in [2.05, 4.69) is 50.3 Å². The molecule has 21 heavy (non-hydrogen) atoms. The van der Waals surface area contributed by atoms with Gasteiger partial charge in [0.1, 0.15) is 0 Å². The highest BCUT2D eigenvalue weighted by atomic mass is 16.5. The van der Waals surface area contributed by atoms with E-state index in [-0.39, 0.29) is 0 Å². The van der Waals surface area contributed by atoms with Crippen LogP contribution in [0.1, 0.15) is 33.1 Å². The summed E-state index contributed by atoms with van der Waals surface area (Å²) in [6.45, 7) is 7.30. The molecule has 0 aromatic heterocycles. The third-order valence-electron chi connectivity index (χ3n) is 4.27. The van der Waals surface area contributed by atoms with E-state index < -0.39 is 6.10 Å². The van der Waals surface area contributed by atoms with Crippen LogP contribution in [0.25, 0.3) is 0 Å². The molecular weight excluding hydrogens is 264 g/mol. The number of aliphatic hydroxyl groups is 1. The van der Waals surface area contributed by atoms with Crippen LogP contribution >= 0.6 is 0 Å². The van der Waals surface area contributed by atoms with Crippen LogP contribution in [0.15, 0.2) is 12.2 Å². The maximum atomic E-state index is 9.96. The molecule has 4 heteroatoms. The first-order chi connectivity index (χ1) is 9.99. The lowest BCUT2D eigenvalue weighted by molar-refractivity contribution is 0.0119. The van der Waals surface area contributed by atoms with Crippen molar-refractivity contribution in [2.45, 2.75) is 45.3 Å². The molecule has 1 aliphatic rings. The highest BCUT2D eigenvalue weighted by Gasteiger charge is 2.18. The quantitative estimate of drug-likeness (QED) is 0.605. The molecule has 0 aromatic rings. The van der Waals surface area contributed by atoms with Gasteiger partial charge >= 0.3 is 0 Å². The molecule has 0 amide bonds. The fraction of sp³-hybridized carbons (Fsp3) is 0.882. The standard InChI is InChI=1S/C17H34N2O2/c1-14-7-5-6-8-16(14)12-21-13-17(20)11-18-15(2)9-10-19(3)4/h5-6,14-18,20H,7-13H2,1-4H3. The lowest BCUT2D eigenvalue weighted by Gasteiger charge is -2.25. The lowest BCUT2D eigenvalue weighted by Crippen LogP contribution is -2.37. The predicted molar refractivity (Wildman–Crippen MR) is 88.5 cm³/mol. The van der Waals surface area contributed by atoms with Crippen molar-refractivity contribution in [2.24, 2.45) is 11.8 Å². The average molecular weight is 298 g/mol. The number of ether oxygens (including phenoxy) is 1. The summed E-state index contributed by atoms with van der Waals surface area (Å²) in [4.78, 5) is 2.18. The highest BCUT2D eigenvalue weighted by Crippen LogP contribution is 2.24. The zero-order chi connectivity index (χ0) is 15.7. The van der Waals surface area contributed by atoms with Crippen molar-refractivity contribution >= 4 is 0 Å². The number of nitrogens with zero attached hydrogens (tertiary/aromatic N) is 1. The van der Waals surface area contributed by atoms with Gasteiger partial charge in [-0.3, -0.25) is 0 Å². The molecule has 0 saturated heterocycles. The van der Waals surface area contributed by atoms with E-state index in [0.29, 0.717) is 31.0 Å². The van der Waals surface area contributed by atoms with Crippen molar-refractivity contribution < 1.29 is 9.84 Å². The molecule has 4 nitrogen and oxygen atoms in total. The third-order valence-corrected chi connectivity index (χ3v) is 4.27. The molecule has 0 heterocycles. The van der Waals surface area contributed by atoms with Crippen LogP contribution < -0.4 is 5.32 Å². The minimum atomic E-state index is -0.416. The van der Waals surface area contributed by atoms with Gasteiger partial charge in [0.2, 0.25) is 0 Å². The van der Waals surface area contributed by atoms with Gasteiger partial charge in [-0.2, -0.15) is 0 Å². The smallest absolute Gasteiger partial charge is 0.0897 e. The Morgan fingerprint density at radius 3 is 2.71 bits per heavy atom. The Balaban J connectivity index is 2.05. The zero-order valence-electron chi connectivity index (χ0n) is 14.2. The van der Waals surface area contributed by atoms with E-state index in [9.17, 15) is 5.11 Å². The molecule has 0 aliphatic heterocycles. The van der Waals surface area contributed by atoms with Crippen LogP contribution in [0.5, 0.6) is 0 Å². The minimum Gasteiger partial charge on any atom is -0.389 e. The topological polar surface area (TPSA) is 44.7 Å². The monoisotopic (exact) mass is 298 g/mol. The molecule has 0 saturated carbocycles. The predicted octanol–water partition coefficient (Wildman–Crippen LogP) is 1.90. The van der Waals surface area contributed by atoms with Crippen LogP contribution in [0, 0.1) is 11.8 Å². The second-order valence-electron chi connectivity index (χ2n) is 6.77. The molecule has 0 fully saturated rings. The molecule has 1 rings (SSSR count). The number of aliphatic hydroxyl groups excluding tert-OH is 1. The Labute approximate surface area is 130 Å². The lowest BCUT2D eigenvalue weighted by atomic mass is 9.85. The summed E-state index contributed by atoms with van der Waals surface area (Å²) in [7, 11) is 4.16. The Morgan fingerprint density at radius 1 is 1.33 bits per heavy atom. The first kappa shape index (κ1) is 18.6. The number of hydrogen-bond acceptors (Lipinski definition) is 4. The van der Waals surface area contributed by atoms with E-state index in [1.165, 1.54) is 0 Å². The van der Waals surface area contributed by atoms with Crippen molar-refractivity contribution in [2.75, 3.05) is 40.4 Å². The van der Waals surface area contributed by atoms with Crippen LogP contribution in [0.2, 0.25) is 0 Å². The van der Waals surface area contributed by atoms with Gasteiger partial charge in [-0.25, -0.2) is 0 Å². The van der Waals surface area contributed by atoms with Crippen molar-refractivity contribution in [1.82, 2.24) is 10.2 Å². The third kappa shape index (κ3) is 8.57. The Bertz CT molecular complexity index is 295. The summed E-state index contributed by atoms with van der Waals surface area (Å²) < 4.78 is 5.70. The van der Waals surface area contributed by atoms with Crippen molar-refractivity contribution in [3.63, 3.8) is 0 Å². The molecule has 0 spiro atoms. The number of hydrogen-bond donors (Lipinski definition) is 2. The highest BCUT2D eigenvalue weighted by molar-refractivity contribution is 4.93. The Kier molecular flexibility index (Phi) is 9.16. The summed E-state index contributed by atoms with van der Waals surface area (Å²) in [6.07, 6.45) is 7.44. The number of allylic oxidation sites excluding steroid dienone is 2. The van der Waals surface area contributed by atoms with Crippen LogP contribution in [0.4, 0.5) is 0 Å². The SMILES string of the molecule is CC(CCN(C)C)NCC(O)COCC1CC=CCC1C. The molecular formula is C17H34N2O2. The molecule has 0 aromatic carbocycles. The van der Waals surface area contributed by atoms with Gasteiger partial charge < -0.3 is 20.1 Å². The van der Waals surface area contributed by atoms with E-state index in [4.69, 9.17) is 4.74 Å². The molecule has 2 N–H and O–H groups in total. The van der Waals surface area contributed by atoms with Crippen molar-refractivity contribution in [3.05, 3.63) is 12.2 Å². The molecule has 124 valence electrons. The Morgan fingerprint density at radius 2 is 2.05 bits per heavy atom. The van der Waals surface area contributed by atoms with Gasteiger partial charge in [0.15, 0.2) is 0 Å². The normalized spacial score (nSPS) is 25.2. The number of nitrogens with one attached hydrogen (secondary N) is 1. The Hall–Kier alpha value is -0.420. The maximum Gasteiger partial charge on any atom is 0.0897 e. The van der Waals surface area contributed by atoms with Gasteiger partial charge in [-0.15, -0.1) is 0 Å². The summed E-state index contributed by atoms with van der Waals surface area (Å²) >= 11 is 0. The van der Waals surface area contributed by atoms with Crippen LogP contribution in [0.3, 0.4) is 0 Å². The van der Waals surface area contributed by atoms with E-state index in [1.807, 2.05) is 0 Å². The molecule has 4 atom stereocenters. The average Bonchev–Trinajstić information content (AvgIpc) is 2.45. The second-order valence-corrected chi connectivity index (χ2v) is 6.77. The van der Waals surface area contributed by atoms with Crippen LogP contribution in [-0.4, -0.2) is 62.6 Å². The van der Waals surface area contributed by atoms with Gasteiger partial charge in [0.25, 0.3) is 0 Å². The summed E-state index contributed by atoms with van der Waals surface area (Å²) in [6, 6.07) is 0.422. The summed E-state index contributed by atoms with van der Waals surface area (Å²) in [5.41, 5.74) is 0.